The van der Waals surface area contributed by atoms with E-state index < -0.39 is 5.38 Å². The zero-order valence-corrected chi connectivity index (χ0v) is 14.1. The van der Waals surface area contributed by atoms with E-state index in [2.05, 4.69) is 10.6 Å². The predicted octanol–water partition coefficient (Wildman–Crippen LogP) is 2.44. The molecule has 0 spiro atoms. The topological polar surface area (TPSA) is 70.7 Å². The number of nitrogens with zero attached hydrogens (tertiary/aromatic N) is 1. The van der Waals surface area contributed by atoms with Gasteiger partial charge in [-0.15, -0.1) is 11.6 Å². The van der Waals surface area contributed by atoms with E-state index in [4.69, 9.17) is 16.3 Å². The second-order valence-electron chi connectivity index (χ2n) is 5.51. The number of carbonyl (C=O) groups is 2. The minimum Gasteiger partial charge on any atom is -0.495 e. The van der Waals surface area contributed by atoms with E-state index in [0.717, 1.165) is 0 Å². The normalized spacial score (nSPS) is 16.6. The van der Waals surface area contributed by atoms with Crippen LogP contribution in [0.3, 0.4) is 0 Å². The van der Waals surface area contributed by atoms with Crippen molar-refractivity contribution in [2.45, 2.75) is 31.2 Å². The van der Waals surface area contributed by atoms with Gasteiger partial charge in [0.05, 0.1) is 12.8 Å². The standard InChI is InChI=1S/C16H22ClN3O3/c1-11(17)15(21)20-9-7-12(8-10-20)18-16(22)19-13-5-3-4-6-14(13)23-2/h3-6,11-12H,7-10H2,1-2H3,(H2,18,19,22). The van der Waals surface area contributed by atoms with Crippen LogP contribution in [0.25, 0.3) is 0 Å². The molecule has 0 saturated carbocycles. The number of ether oxygens (including phenoxy) is 1. The van der Waals surface area contributed by atoms with Crippen LogP contribution in [0, 0.1) is 0 Å². The highest BCUT2D eigenvalue weighted by atomic mass is 35.5. The van der Waals surface area contributed by atoms with Gasteiger partial charge in [0.2, 0.25) is 5.91 Å². The van der Waals surface area contributed by atoms with Crippen LogP contribution in [0.15, 0.2) is 24.3 Å². The number of carbonyl (C=O) groups excluding carboxylic acids is 2. The van der Waals surface area contributed by atoms with Gasteiger partial charge < -0.3 is 20.3 Å². The number of alkyl halides is 1. The van der Waals surface area contributed by atoms with E-state index >= 15 is 0 Å². The molecule has 2 N–H and O–H groups in total. The number of hydrogen-bond acceptors (Lipinski definition) is 3. The molecule has 0 aromatic heterocycles. The fraction of sp³-hybridized carbons (Fsp3) is 0.500. The number of para-hydroxylation sites is 2. The average Bonchev–Trinajstić information content (AvgIpc) is 2.55. The molecule has 2 rings (SSSR count). The van der Waals surface area contributed by atoms with Gasteiger partial charge in [-0.05, 0) is 31.9 Å². The first-order valence-corrected chi connectivity index (χ1v) is 8.08. The van der Waals surface area contributed by atoms with Gasteiger partial charge in [-0.3, -0.25) is 4.79 Å². The van der Waals surface area contributed by atoms with Crippen LogP contribution in [-0.4, -0.2) is 48.5 Å². The van der Waals surface area contributed by atoms with Crippen molar-refractivity contribution in [1.29, 1.82) is 0 Å². The first-order valence-electron chi connectivity index (χ1n) is 7.64. The smallest absolute Gasteiger partial charge is 0.319 e. The van der Waals surface area contributed by atoms with Crippen LogP contribution >= 0.6 is 11.6 Å². The number of halogens is 1. The number of urea groups is 1. The van der Waals surface area contributed by atoms with Crippen LogP contribution in [0.4, 0.5) is 10.5 Å². The van der Waals surface area contributed by atoms with Crippen molar-refractivity contribution in [3.63, 3.8) is 0 Å². The maximum Gasteiger partial charge on any atom is 0.319 e. The lowest BCUT2D eigenvalue weighted by Gasteiger charge is -2.33. The molecule has 1 fully saturated rings. The van der Waals surface area contributed by atoms with E-state index in [0.29, 0.717) is 37.4 Å². The molecule has 1 aromatic rings. The molecular weight excluding hydrogens is 318 g/mol. The van der Waals surface area contributed by atoms with Gasteiger partial charge in [-0.1, -0.05) is 12.1 Å². The van der Waals surface area contributed by atoms with Crippen molar-refractivity contribution in [3.05, 3.63) is 24.3 Å². The molecule has 1 saturated heterocycles. The molecule has 3 amide bonds. The molecule has 0 radical (unpaired) electrons. The SMILES string of the molecule is COc1ccccc1NC(=O)NC1CCN(C(=O)C(C)Cl)CC1. The van der Waals surface area contributed by atoms with Crippen LogP contribution in [0.2, 0.25) is 0 Å². The molecule has 1 atom stereocenters. The molecule has 1 aliphatic rings. The molecule has 126 valence electrons. The van der Waals surface area contributed by atoms with Gasteiger partial charge in [0.1, 0.15) is 11.1 Å². The van der Waals surface area contributed by atoms with Gasteiger partial charge in [0.25, 0.3) is 0 Å². The number of benzene rings is 1. The number of anilines is 1. The van der Waals surface area contributed by atoms with Crippen molar-refractivity contribution < 1.29 is 14.3 Å². The largest absolute Gasteiger partial charge is 0.495 e. The fourth-order valence-corrected chi connectivity index (χ4v) is 2.73. The van der Waals surface area contributed by atoms with E-state index in [1.165, 1.54) is 0 Å². The highest BCUT2D eigenvalue weighted by molar-refractivity contribution is 6.30. The molecule has 7 heteroatoms. The van der Waals surface area contributed by atoms with E-state index in [1.54, 1.807) is 31.1 Å². The lowest BCUT2D eigenvalue weighted by atomic mass is 10.0. The van der Waals surface area contributed by atoms with Gasteiger partial charge >= 0.3 is 6.03 Å². The summed E-state index contributed by atoms with van der Waals surface area (Å²) in [5, 5.41) is 5.21. The fourth-order valence-electron chi connectivity index (χ4n) is 2.59. The van der Waals surface area contributed by atoms with Crippen LogP contribution in [0.1, 0.15) is 19.8 Å². The Balaban J connectivity index is 1.82. The highest BCUT2D eigenvalue weighted by Crippen LogP contribution is 2.23. The summed E-state index contributed by atoms with van der Waals surface area (Å²) in [6.07, 6.45) is 1.43. The minimum atomic E-state index is -0.506. The Morgan fingerprint density at radius 1 is 1.30 bits per heavy atom. The number of nitrogens with one attached hydrogen (secondary N) is 2. The van der Waals surface area contributed by atoms with Crippen LogP contribution in [0.5, 0.6) is 5.75 Å². The van der Waals surface area contributed by atoms with Crippen molar-refractivity contribution in [3.8, 4) is 5.75 Å². The Hall–Kier alpha value is -1.95. The summed E-state index contributed by atoms with van der Waals surface area (Å²) in [6, 6.07) is 7.00. The summed E-state index contributed by atoms with van der Waals surface area (Å²) in [7, 11) is 1.56. The summed E-state index contributed by atoms with van der Waals surface area (Å²) < 4.78 is 5.20. The maximum absolute atomic E-state index is 12.1. The van der Waals surface area contributed by atoms with E-state index in [1.807, 2.05) is 12.1 Å². The molecule has 1 unspecified atom stereocenters. The van der Waals surface area contributed by atoms with Crippen molar-refractivity contribution in [2.24, 2.45) is 0 Å². The molecule has 1 heterocycles. The Kier molecular flexibility index (Phi) is 6.10. The summed E-state index contributed by atoms with van der Waals surface area (Å²) >= 11 is 5.82. The second-order valence-corrected chi connectivity index (χ2v) is 6.17. The molecule has 1 aromatic carbocycles. The zero-order chi connectivity index (χ0) is 16.8. The third kappa shape index (κ3) is 4.76. The lowest BCUT2D eigenvalue weighted by Crippen LogP contribution is -2.48. The third-order valence-corrected chi connectivity index (χ3v) is 4.02. The number of hydrogen-bond donors (Lipinski definition) is 2. The number of likely N-dealkylation sites (tertiary alicyclic amines) is 1. The summed E-state index contributed by atoms with van der Waals surface area (Å²) in [6.45, 7) is 2.89. The Morgan fingerprint density at radius 3 is 2.57 bits per heavy atom. The quantitative estimate of drug-likeness (QED) is 0.828. The predicted molar refractivity (Wildman–Crippen MR) is 90.1 cm³/mol. The zero-order valence-electron chi connectivity index (χ0n) is 13.3. The highest BCUT2D eigenvalue weighted by Gasteiger charge is 2.25. The monoisotopic (exact) mass is 339 g/mol. The van der Waals surface area contributed by atoms with E-state index in [-0.39, 0.29) is 18.0 Å². The molecule has 0 aliphatic carbocycles. The van der Waals surface area contributed by atoms with Crippen molar-refractivity contribution >= 4 is 29.2 Å². The van der Waals surface area contributed by atoms with Crippen LogP contribution in [-0.2, 0) is 4.79 Å². The molecular formula is C16H22ClN3O3. The molecule has 6 nitrogen and oxygen atoms in total. The number of methoxy groups -OCH3 is 1. The first-order chi connectivity index (χ1) is 11.0. The number of rotatable bonds is 4. The van der Waals surface area contributed by atoms with Gasteiger partial charge in [0, 0.05) is 19.1 Å². The van der Waals surface area contributed by atoms with Crippen molar-refractivity contribution in [1.82, 2.24) is 10.2 Å². The number of piperidine rings is 1. The summed E-state index contributed by atoms with van der Waals surface area (Å²) in [4.78, 5) is 25.7. The molecule has 23 heavy (non-hydrogen) atoms. The van der Waals surface area contributed by atoms with Crippen LogP contribution < -0.4 is 15.4 Å². The second kappa shape index (κ2) is 8.06. The molecule has 0 bridgehead atoms. The maximum atomic E-state index is 12.1. The molecule has 1 aliphatic heterocycles. The number of amides is 3. The third-order valence-electron chi connectivity index (χ3n) is 3.84. The van der Waals surface area contributed by atoms with E-state index in [9.17, 15) is 9.59 Å². The van der Waals surface area contributed by atoms with Gasteiger partial charge in [-0.25, -0.2) is 4.79 Å². The van der Waals surface area contributed by atoms with Gasteiger partial charge in [-0.2, -0.15) is 0 Å². The van der Waals surface area contributed by atoms with Gasteiger partial charge in [0.15, 0.2) is 0 Å². The minimum absolute atomic E-state index is 0.0411. The summed E-state index contributed by atoms with van der Waals surface area (Å²) in [5.74, 6) is 0.558. The Bertz CT molecular complexity index is 557. The summed E-state index contributed by atoms with van der Waals surface area (Å²) in [5.41, 5.74) is 0.621. The Morgan fingerprint density at radius 2 is 1.96 bits per heavy atom. The van der Waals surface area contributed by atoms with Crippen molar-refractivity contribution in [2.75, 3.05) is 25.5 Å². The average molecular weight is 340 g/mol. The lowest BCUT2D eigenvalue weighted by molar-refractivity contribution is -0.131. The first kappa shape index (κ1) is 17.4. The Labute approximate surface area is 141 Å².